The molecule has 1 unspecified atom stereocenters. The van der Waals surface area contributed by atoms with Crippen LogP contribution in [0.3, 0.4) is 0 Å². The number of imide groups is 1. The first-order chi connectivity index (χ1) is 31.0. The molecule has 0 spiro atoms. The van der Waals surface area contributed by atoms with E-state index in [2.05, 4.69) is 50.8 Å². The maximum Gasteiger partial charge on any atom is 0.320 e. The van der Waals surface area contributed by atoms with Crippen LogP contribution < -0.4 is 36.4 Å². The molecule has 2 aromatic carbocycles. The molecule has 6 amide bonds. The molecule has 7 heterocycles. The number of likely N-dealkylation sites (N-methyl/N-ethyl adjacent to an activating group) is 1. The van der Waals surface area contributed by atoms with Gasteiger partial charge in [-0.3, -0.25) is 34.4 Å². The number of primary amides is 1. The highest BCUT2D eigenvalue weighted by Gasteiger charge is 2.36. The van der Waals surface area contributed by atoms with Crippen molar-refractivity contribution in [2.45, 2.75) is 50.6 Å². The zero-order valence-electron chi connectivity index (χ0n) is 35.8. The Balaban J connectivity index is 0.776. The number of benzene rings is 2. The summed E-state index contributed by atoms with van der Waals surface area (Å²) in [7, 11) is 1.80. The summed E-state index contributed by atoms with van der Waals surface area (Å²) >= 11 is 0. The Morgan fingerprint density at radius 1 is 0.875 bits per heavy atom. The Hall–Kier alpha value is -6.70. The highest BCUT2D eigenvalue weighted by atomic mass is 19.1. The minimum atomic E-state index is -0.814. The summed E-state index contributed by atoms with van der Waals surface area (Å²) in [6, 6.07) is 11.6. The summed E-state index contributed by atoms with van der Waals surface area (Å²) in [5.74, 6) is -1.57. The number of carbonyl (C=O) groups excluding carboxylic acids is 5. The van der Waals surface area contributed by atoms with E-state index in [4.69, 9.17) is 5.73 Å². The third-order valence-electron chi connectivity index (χ3n) is 13.2. The van der Waals surface area contributed by atoms with Crippen LogP contribution in [-0.2, 0) is 9.59 Å². The van der Waals surface area contributed by atoms with E-state index in [9.17, 15) is 24.0 Å². The second-order valence-electron chi connectivity index (χ2n) is 17.3. The normalized spacial score (nSPS) is 21.4. The number of rotatable bonds is 11. The Morgan fingerprint density at radius 3 is 2.41 bits per heavy atom. The van der Waals surface area contributed by atoms with Crippen molar-refractivity contribution in [1.29, 1.82) is 0 Å². The lowest BCUT2D eigenvalue weighted by Crippen LogP contribution is -2.52. The highest BCUT2D eigenvalue weighted by molar-refractivity contribution is 6.10. The number of nitrogens with one attached hydrogen (secondary N) is 3. The molecule has 5 fully saturated rings. The fraction of sp³-hybridized carbons (Fsp3) is 0.477. The lowest BCUT2D eigenvalue weighted by Gasteiger charge is -2.40. The molecule has 336 valence electrons. The van der Waals surface area contributed by atoms with Crippen LogP contribution in [0.4, 0.5) is 38.0 Å². The molecule has 5 aliphatic heterocycles. The van der Waals surface area contributed by atoms with Gasteiger partial charge in [0, 0.05) is 108 Å². The van der Waals surface area contributed by atoms with E-state index in [1.165, 1.54) is 6.07 Å². The van der Waals surface area contributed by atoms with Gasteiger partial charge in [-0.1, -0.05) is 12.1 Å². The van der Waals surface area contributed by atoms with Gasteiger partial charge in [-0.25, -0.2) is 9.18 Å². The number of fused-ring (bicyclic) bond motifs is 1. The number of para-hydroxylation sites is 1. The van der Waals surface area contributed by atoms with Gasteiger partial charge in [-0.15, -0.1) is 10.2 Å². The smallest absolute Gasteiger partial charge is 0.320 e. The molecule has 20 heteroatoms. The van der Waals surface area contributed by atoms with Crippen molar-refractivity contribution in [2.75, 3.05) is 99.1 Å². The number of amides is 6. The zero-order valence-corrected chi connectivity index (χ0v) is 35.8. The molecule has 2 atom stereocenters. The van der Waals surface area contributed by atoms with Gasteiger partial charge < -0.3 is 40.9 Å². The van der Waals surface area contributed by atoms with E-state index in [1.54, 1.807) is 36.3 Å². The summed E-state index contributed by atoms with van der Waals surface area (Å²) in [5.41, 5.74) is 8.33. The van der Waals surface area contributed by atoms with Gasteiger partial charge in [-0.05, 0) is 68.4 Å². The summed E-state index contributed by atoms with van der Waals surface area (Å²) in [4.78, 5) is 83.8. The van der Waals surface area contributed by atoms with Gasteiger partial charge in [0.05, 0.1) is 22.8 Å². The maximum atomic E-state index is 15.8. The largest absolute Gasteiger partial charge is 0.371 e. The van der Waals surface area contributed by atoms with Crippen molar-refractivity contribution < 1.29 is 28.4 Å². The van der Waals surface area contributed by atoms with Crippen LogP contribution in [0.5, 0.6) is 0 Å². The van der Waals surface area contributed by atoms with E-state index in [-0.39, 0.29) is 42.3 Å². The topological polar surface area (TPSA) is 218 Å². The number of halogens is 1. The number of anilines is 5. The van der Waals surface area contributed by atoms with E-state index in [1.807, 2.05) is 28.0 Å². The maximum absolute atomic E-state index is 15.8. The first-order valence-electron chi connectivity index (χ1n) is 22.1. The van der Waals surface area contributed by atoms with Crippen LogP contribution in [0.2, 0.25) is 0 Å². The fourth-order valence-corrected chi connectivity index (χ4v) is 9.66. The van der Waals surface area contributed by atoms with Gasteiger partial charge in [0.1, 0.15) is 11.9 Å². The van der Waals surface area contributed by atoms with E-state index >= 15 is 4.39 Å². The van der Waals surface area contributed by atoms with Crippen LogP contribution >= 0.6 is 0 Å². The van der Waals surface area contributed by atoms with Crippen molar-refractivity contribution >= 4 is 69.4 Å². The van der Waals surface area contributed by atoms with Crippen molar-refractivity contribution in [3.8, 4) is 0 Å². The summed E-state index contributed by atoms with van der Waals surface area (Å²) in [6.45, 7) is 8.15. The van der Waals surface area contributed by atoms with Gasteiger partial charge in [0.25, 0.3) is 11.8 Å². The molecule has 0 radical (unpaired) electrons. The highest BCUT2D eigenvalue weighted by Crippen LogP contribution is 2.33. The lowest BCUT2D eigenvalue weighted by atomic mass is 9.95. The van der Waals surface area contributed by atoms with Crippen molar-refractivity contribution in [1.82, 2.24) is 45.5 Å². The van der Waals surface area contributed by atoms with Crippen LogP contribution in [0.25, 0.3) is 10.9 Å². The molecule has 9 rings (SSSR count). The molecule has 5 aliphatic rings. The molecule has 0 saturated carbocycles. The Morgan fingerprint density at radius 2 is 1.67 bits per heavy atom. The molecule has 4 aromatic rings. The van der Waals surface area contributed by atoms with Crippen LogP contribution in [-0.4, -0.2) is 156 Å². The van der Waals surface area contributed by atoms with Crippen molar-refractivity contribution in [2.24, 2.45) is 11.7 Å². The number of nitrogens with two attached hydrogens (primary N) is 1. The second-order valence-corrected chi connectivity index (χ2v) is 17.3. The average Bonchev–Trinajstić information content (AvgIpc) is 3.64. The number of hydrogen-bond acceptors (Lipinski definition) is 14. The Bertz CT molecular complexity index is 2460. The molecule has 2 aromatic heterocycles. The predicted molar refractivity (Wildman–Crippen MR) is 237 cm³/mol. The summed E-state index contributed by atoms with van der Waals surface area (Å²) in [5, 5.41) is 17.3. The van der Waals surface area contributed by atoms with E-state index in [0.29, 0.717) is 73.6 Å². The monoisotopic (exact) mass is 876 g/mol. The SMILES string of the molecule is CN1CCN([C@@H]2CCCN(c3nnc(C(N)=O)c(Nc4ccc(N5CCN(CC6CCN(c7ccnc8c(C(=O)NC9CCC(=O)NC9=O)cccc78)CC6)CC5)c(F)c4)n3)C2)C1=O. The fourth-order valence-electron chi connectivity index (χ4n) is 9.66. The average molecular weight is 877 g/mol. The number of aromatic nitrogens is 4. The lowest BCUT2D eigenvalue weighted by molar-refractivity contribution is -0.134. The molecule has 5 saturated heterocycles. The molecule has 0 aliphatic carbocycles. The number of hydrogen-bond donors (Lipinski definition) is 4. The summed E-state index contributed by atoms with van der Waals surface area (Å²) in [6.07, 6.45) is 5.85. The van der Waals surface area contributed by atoms with Crippen LogP contribution in [0.1, 0.15) is 59.4 Å². The van der Waals surface area contributed by atoms with Gasteiger partial charge in [-0.2, -0.15) is 4.98 Å². The first kappa shape index (κ1) is 42.6. The Kier molecular flexibility index (Phi) is 12.1. The molecular formula is C44H53FN14O5. The second kappa shape index (κ2) is 18.2. The molecule has 5 N–H and O–H groups in total. The van der Waals surface area contributed by atoms with E-state index in [0.717, 1.165) is 69.5 Å². The van der Waals surface area contributed by atoms with Crippen LogP contribution in [0, 0.1) is 11.7 Å². The number of pyridine rings is 1. The predicted octanol–water partition coefficient (Wildman–Crippen LogP) is 2.31. The molecule has 0 bridgehead atoms. The molecule has 64 heavy (non-hydrogen) atoms. The third kappa shape index (κ3) is 8.91. The summed E-state index contributed by atoms with van der Waals surface area (Å²) < 4.78 is 15.8. The number of urea groups is 1. The van der Waals surface area contributed by atoms with Gasteiger partial charge in [0.2, 0.25) is 17.8 Å². The standard InChI is InChI=1S/C44H53FN14O5/c1-54-18-23-59(44(54)64)29-4-3-15-58(26-29)43-51-40(38(39(46)61)52-53-43)48-28-7-9-35(32(45)24-28)57-21-19-55(20-22-57)25-27-12-16-56(17-13-27)34-11-14-47-37-30(34)5-2-6-31(37)41(62)49-33-8-10-36(60)50-42(33)63/h2,5-7,9,11,14,24,27,29,33H,3-4,8,10,12-13,15-23,25-26H2,1H3,(H2,46,61)(H,49,62)(H,48,51,53)(H,50,60,63)/t29-,33?/m1/s1. The number of piperazine rings is 1. The van der Waals surface area contributed by atoms with E-state index < -0.39 is 29.6 Å². The Labute approximate surface area is 369 Å². The third-order valence-corrected chi connectivity index (χ3v) is 13.2. The van der Waals surface area contributed by atoms with Gasteiger partial charge in [0.15, 0.2) is 11.5 Å². The van der Waals surface area contributed by atoms with Crippen molar-refractivity contribution in [3.63, 3.8) is 0 Å². The van der Waals surface area contributed by atoms with Crippen LogP contribution in [0.15, 0.2) is 48.7 Å². The van der Waals surface area contributed by atoms with Gasteiger partial charge >= 0.3 is 6.03 Å². The minimum absolute atomic E-state index is 0.000834. The molecule has 19 nitrogen and oxygen atoms in total. The quantitative estimate of drug-likeness (QED) is 0.159. The number of carbonyl (C=O) groups is 5. The minimum Gasteiger partial charge on any atom is -0.371 e. The number of nitrogens with zero attached hydrogens (tertiary/aromatic N) is 10. The number of piperidine rings is 3. The first-order valence-corrected chi connectivity index (χ1v) is 22.1. The zero-order chi connectivity index (χ0) is 44.5. The molecular weight excluding hydrogens is 824 g/mol. The van der Waals surface area contributed by atoms with Crippen molar-refractivity contribution in [3.05, 3.63) is 65.7 Å².